The van der Waals surface area contributed by atoms with E-state index in [-0.39, 0.29) is 5.56 Å². The average Bonchev–Trinajstić information content (AvgIpc) is 2.82. The van der Waals surface area contributed by atoms with Crippen molar-refractivity contribution in [3.05, 3.63) is 39.6 Å². The summed E-state index contributed by atoms with van der Waals surface area (Å²) in [5.74, 6) is -0.104. The highest BCUT2D eigenvalue weighted by atomic mass is 35.5. The second-order valence-corrected chi connectivity index (χ2v) is 6.39. The molecule has 1 aromatic heterocycles. The van der Waals surface area contributed by atoms with Crippen LogP contribution in [0.4, 0.5) is 0 Å². The number of halogens is 2. The summed E-state index contributed by atoms with van der Waals surface area (Å²) in [4.78, 5) is 12.2. The molecule has 0 N–H and O–H groups in total. The van der Waals surface area contributed by atoms with Gasteiger partial charge in [-0.2, -0.15) is 0 Å². The summed E-state index contributed by atoms with van der Waals surface area (Å²) in [6.45, 7) is 5.74. The maximum atomic E-state index is 12.2. The SMILES string of the molecule is COC(=O)c1c(-c2c(Cl)cccc2Cl)noc1C(C)(C)C. The van der Waals surface area contributed by atoms with Gasteiger partial charge in [-0.05, 0) is 12.1 Å². The fraction of sp³-hybridized carbons (Fsp3) is 0.333. The lowest BCUT2D eigenvalue weighted by Crippen LogP contribution is -2.16. The van der Waals surface area contributed by atoms with Crippen molar-refractivity contribution in [3.8, 4) is 11.3 Å². The molecule has 21 heavy (non-hydrogen) atoms. The van der Waals surface area contributed by atoms with Crippen LogP contribution in [0.3, 0.4) is 0 Å². The van der Waals surface area contributed by atoms with E-state index < -0.39 is 11.4 Å². The van der Waals surface area contributed by atoms with Crippen LogP contribution in [0.15, 0.2) is 22.7 Å². The Morgan fingerprint density at radius 1 is 1.24 bits per heavy atom. The summed E-state index contributed by atoms with van der Waals surface area (Å²) in [7, 11) is 1.31. The maximum absolute atomic E-state index is 12.2. The molecule has 0 atom stereocenters. The minimum atomic E-state index is -0.535. The Morgan fingerprint density at radius 2 is 1.81 bits per heavy atom. The first-order valence-electron chi connectivity index (χ1n) is 6.30. The molecule has 0 amide bonds. The predicted octanol–water partition coefficient (Wildman–Crippen LogP) is 4.73. The van der Waals surface area contributed by atoms with Crippen molar-refractivity contribution in [1.29, 1.82) is 0 Å². The number of hydrogen-bond donors (Lipinski definition) is 0. The Labute approximate surface area is 133 Å². The standard InChI is InChI=1S/C15H15Cl2NO3/c1-15(2,3)13-11(14(19)20-4)12(18-21-13)10-8(16)6-5-7-9(10)17/h5-7H,1-4H3. The number of methoxy groups -OCH3 is 1. The van der Waals surface area contributed by atoms with E-state index in [4.69, 9.17) is 32.5 Å². The van der Waals surface area contributed by atoms with Gasteiger partial charge in [-0.1, -0.05) is 55.2 Å². The van der Waals surface area contributed by atoms with E-state index in [1.807, 2.05) is 20.8 Å². The lowest BCUT2D eigenvalue weighted by molar-refractivity contribution is 0.0596. The number of benzene rings is 1. The van der Waals surface area contributed by atoms with Crippen LogP contribution in [0.5, 0.6) is 0 Å². The summed E-state index contributed by atoms with van der Waals surface area (Å²) in [5, 5.41) is 4.78. The van der Waals surface area contributed by atoms with Gasteiger partial charge in [0.2, 0.25) is 0 Å². The van der Waals surface area contributed by atoms with E-state index in [0.717, 1.165) is 0 Å². The molecule has 1 heterocycles. The van der Waals surface area contributed by atoms with E-state index in [1.54, 1.807) is 18.2 Å². The van der Waals surface area contributed by atoms with E-state index in [2.05, 4.69) is 5.16 Å². The number of carbonyl (C=O) groups is 1. The molecular weight excluding hydrogens is 313 g/mol. The fourth-order valence-corrected chi connectivity index (χ4v) is 2.56. The van der Waals surface area contributed by atoms with Crippen molar-refractivity contribution in [2.24, 2.45) is 0 Å². The Morgan fingerprint density at radius 3 is 2.29 bits per heavy atom. The van der Waals surface area contributed by atoms with Crippen molar-refractivity contribution in [2.75, 3.05) is 7.11 Å². The second kappa shape index (κ2) is 5.70. The Hall–Kier alpha value is -1.52. The molecule has 1 aromatic carbocycles. The molecule has 2 aromatic rings. The molecule has 112 valence electrons. The second-order valence-electron chi connectivity index (χ2n) is 5.57. The van der Waals surface area contributed by atoms with E-state index >= 15 is 0 Å². The molecule has 0 radical (unpaired) electrons. The molecule has 4 nitrogen and oxygen atoms in total. The topological polar surface area (TPSA) is 52.3 Å². The minimum absolute atomic E-state index is 0.250. The van der Waals surface area contributed by atoms with Crippen LogP contribution in [0.2, 0.25) is 10.0 Å². The van der Waals surface area contributed by atoms with E-state index in [0.29, 0.717) is 27.1 Å². The molecule has 0 saturated heterocycles. The van der Waals surface area contributed by atoms with Crippen LogP contribution in [-0.4, -0.2) is 18.2 Å². The minimum Gasteiger partial charge on any atom is -0.465 e. The van der Waals surface area contributed by atoms with Gasteiger partial charge in [-0.25, -0.2) is 4.79 Å². The summed E-state index contributed by atoms with van der Waals surface area (Å²) in [5.41, 5.74) is 0.588. The van der Waals surface area contributed by atoms with Crippen LogP contribution in [0.1, 0.15) is 36.9 Å². The molecule has 0 aliphatic heterocycles. The molecular formula is C15H15Cl2NO3. The summed E-state index contributed by atoms with van der Waals surface area (Å²) >= 11 is 12.4. The first-order valence-corrected chi connectivity index (χ1v) is 7.05. The molecule has 0 bridgehead atoms. The Balaban J connectivity index is 2.77. The van der Waals surface area contributed by atoms with Crippen LogP contribution >= 0.6 is 23.2 Å². The van der Waals surface area contributed by atoms with Gasteiger partial charge in [0, 0.05) is 11.0 Å². The molecule has 0 fully saturated rings. The van der Waals surface area contributed by atoms with Crippen LogP contribution in [-0.2, 0) is 10.2 Å². The van der Waals surface area contributed by atoms with Crippen molar-refractivity contribution in [3.63, 3.8) is 0 Å². The van der Waals surface area contributed by atoms with Crippen LogP contribution in [0.25, 0.3) is 11.3 Å². The lowest BCUT2D eigenvalue weighted by atomic mass is 9.89. The van der Waals surface area contributed by atoms with E-state index in [9.17, 15) is 4.79 Å². The highest BCUT2D eigenvalue weighted by Crippen LogP contribution is 2.39. The Kier molecular flexibility index (Phi) is 4.30. The fourth-order valence-electron chi connectivity index (χ4n) is 1.99. The molecule has 0 aliphatic carbocycles. The van der Waals surface area contributed by atoms with Crippen LogP contribution in [0, 0.1) is 0 Å². The highest BCUT2D eigenvalue weighted by molar-refractivity contribution is 6.39. The summed E-state index contributed by atoms with van der Waals surface area (Å²) in [6, 6.07) is 5.07. The van der Waals surface area contributed by atoms with Crippen molar-refractivity contribution >= 4 is 29.2 Å². The molecule has 0 aliphatic rings. The predicted molar refractivity (Wildman–Crippen MR) is 82.0 cm³/mol. The normalized spacial score (nSPS) is 11.5. The average molecular weight is 328 g/mol. The monoisotopic (exact) mass is 327 g/mol. The maximum Gasteiger partial charge on any atom is 0.343 e. The smallest absolute Gasteiger partial charge is 0.343 e. The first-order chi connectivity index (χ1) is 9.77. The summed E-state index contributed by atoms with van der Waals surface area (Å²) < 4.78 is 10.2. The molecule has 6 heteroatoms. The zero-order chi connectivity index (χ0) is 15.8. The van der Waals surface area contributed by atoms with Crippen LogP contribution < -0.4 is 0 Å². The number of esters is 1. The number of carbonyl (C=O) groups excluding carboxylic acids is 1. The van der Waals surface area contributed by atoms with Gasteiger partial charge in [0.1, 0.15) is 11.3 Å². The number of aromatic nitrogens is 1. The molecule has 2 rings (SSSR count). The first kappa shape index (κ1) is 15.9. The Bertz CT molecular complexity index is 666. The van der Waals surface area contributed by atoms with Gasteiger partial charge in [0.05, 0.1) is 17.2 Å². The van der Waals surface area contributed by atoms with Crippen molar-refractivity contribution < 1.29 is 14.1 Å². The van der Waals surface area contributed by atoms with Crippen molar-refractivity contribution in [2.45, 2.75) is 26.2 Å². The van der Waals surface area contributed by atoms with Gasteiger partial charge in [0.15, 0.2) is 5.76 Å². The third-order valence-corrected chi connectivity index (χ3v) is 3.59. The van der Waals surface area contributed by atoms with Gasteiger partial charge in [0.25, 0.3) is 0 Å². The number of nitrogens with zero attached hydrogens (tertiary/aromatic N) is 1. The van der Waals surface area contributed by atoms with Gasteiger partial charge in [-0.15, -0.1) is 0 Å². The quantitative estimate of drug-likeness (QED) is 0.748. The number of ether oxygens (including phenoxy) is 1. The van der Waals surface area contributed by atoms with Gasteiger partial charge in [-0.3, -0.25) is 0 Å². The largest absolute Gasteiger partial charge is 0.465 e. The molecule has 0 unspecified atom stereocenters. The zero-order valence-electron chi connectivity index (χ0n) is 12.2. The van der Waals surface area contributed by atoms with E-state index in [1.165, 1.54) is 7.11 Å². The molecule has 0 spiro atoms. The third kappa shape index (κ3) is 2.92. The van der Waals surface area contributed by atoms with Crippen molar-refractivity contribution in [1.82, 2.24) is 5.16 Å². The zero-order valence-corrected chi connectivity index (χ0v) is 13.7. The summed E-state index contributed by atoms with van der Waals surface area (Å²) in [6.07, 6.45) is 0. The number of hydrogen-bond acceptors (Lipinski definition) is 4. The lowest BCUT2D eigenvalue weighted by Gasteiger charge is -2.15. The number of rotatable bonds is 2. The highest BCUT2D eigenvalue weighted by Gasteiger charge is 2.33. The van der Waals surface area contributed by atoms with Gasteiger partial charge >= 0.3 is 5.97 Å². The van der Waals surface area contributed by atoms with Gasteiger partial charge < -0.3 is 9.26 Å². The third-order valence-electron chi connectivity index (χ3n) is 2.96. The molecule has 0 saturated carbocycles.